The molecule has 0 N–H and O–H groups in total. The number of benzene rings is 2. The molecule has 2 aromatic carbocycles. The van der Waals surface area contributed by atoms with E-state index in [2.05, 4.69) is 15.9 Å². The average molecular weight is 558 g/mol. The van der Waals surface area contributed by atoms with Crippen molar-refractivity contribution in [2.24, 2.45) is 0 Å². The Hall–Kier alpha value is -3.51. The largest absolute Gasteiger partial charge is 0.456 e. The highest BCUT2D eigenvalue weighted by atomic mass is 79.9. The van der Waals surface area contributed by atoms with Crippen molar-refractivity contribution in [3.63, 3.8) is 0 Å². The second kappa shape index (κ2) is 8.93. The number of fused-ring (bicyclic) bond motifs is 2. The molecule has 2 aromatic rings. The Bertz CT molecular complexity index is 1290. The van der Waals surface area contributed by atoms with Crippen molar-refractivity contribution in [3.05, 3.63) is 86.6 Å². The molecule has 3 aliphatic rings. The van der Waals surface area contributed by atoms with Crippen LogP contribution in [0.15, 0.2) is 59.8 Å². The predicted molar refractivity (Wildman–Crippen MR) is 128 cm³/mol. The number of nitro benzene ring substituents is 1. The van der Waals surface area contributed by atoms with Crippen LogP contribution < -0.4 is 0 Å². The number of esters is 1. The Morgan fingerprint density at radius 2 is 1.69 bits per heavy atom. The molecule has 0 unspecified atom stereocenters. The first-order valence-corrected chi connectivity index (χ1v) is 12.6. The lowest BCUT2D eigenvalue weighted by Crippen LogP contribution is -2.71. The first-order chi connectivity index (χ1) is 16.8. The topological polar surface area (TPSA) is 127 Å². The van der Waals surface area contributed by atoms with Crippen molar-refractivity contribution >= 4 is 57.1 Å². The van der Waals surface area contributed by atoms with Gasteiger partial charge in [0.05, 0.1) is 16.1 Å². The zero-order chi connectivity index (χ0) is 24.9. The van der Waals surface area contributed by atoms with E-state index in [1.807, 2.05) is 0 Å². The predicted octanol–water partition coefficient (Wildman–Crippen LogP) is 2.87. The van der Waals surface area contributed by atoms with Crippen LogP contribution in [0.5, 0.6) is 0 Å². The van der Waals surface area contributed by atoms with Gasteiger partial charge in [-0.2, -0.15) is 0 Å². The molecule has 0 aromatic heterocycles. The molecular formula is C23H16BrN3O7S. The van der Waals surface area contributed by atoms with Crippen molar-refractivity contribution in [1.29, 1.82) is 0 Å². The highest BCUT2D eigenvalue weighted by molar-refractivity contribution is 9.09. The highest BCUT2D eigenvalue weighted by Crippen LogP contribution is 2.44. The SMILES string of the molecule is O=C(OCc1ccc([N+](=O)[O-])cc1)C1=C(CBr)CS[C@@H]2[C@H](N3C(=O)c4ccccc4C3=O)C(=O)N12. The molecule has 0 bridgehead atoms. The molecule has 1 fully saturated rings. The molecule has 10 nitrogen and oxygen atoms in total. The molecule has 1 saturated heterocycles. The Labute approximate surface area is 211 Å². The van der Waals surface area contributed by atoms with Crippen molar-refractivity contribution in [3.8, 4) is 0 Å². The third kappa shape index (κ3) is 3.73. The molecule has 0 aliphatic carbocycles. The van der Waals surface area contributed by atoms with E-state index in [1.54, 1.807) is 24.3 Å². The number of rotatable bonds is 6. The van der Waals surface area contributed by atoms with Crippen LogP contribution in [0.1, 0.15) is 26.3 Å². The van der Waals surface area contributed by atoms with E-state index in [4.69, 9.17) is 4.74 Å². The number of imide groups is 1. The first-order valence-electron chi connectivity index (χ1n) is 10.4. The fourth-order valence-electron chi connectivity index (χ4n) is 4.25. The maximum atomic E-state index is 13.2. The summed E-state index contributed by atoms with van der Waals surface area (Å²) < 4.78 is 5.42. The average Bonchev–Trinajstić information content (AvgIpc) is 3.11. The van der Waals surface area contributed by atoms with Gasteiger partial charge >= 0.3 is 5.97 Å². The number of amides is 3. The Morgan fingerprint density at radius 1 is 1.06 bits per heavy atom. The number of nitrogens with zero attached hydrogens (tertiary/aromatic N) is 3. The van der Waals surface area contributed by atoms with Gasteiger partial charge in [-0.05, 0) is 35.4 Å². The minimum Gasteiger partial charge on any atom is -0.456 e. The Balaban J connectivity index is 1.34. The van der Waals surface area contributed by atoms with E-state index in [0.29, 0.717) is 22.2 Å². The number of nitro groups is 1. The van der Waals surface area contributed by atoms with Gasteiger partial charge in [0.1, 0.15) is 23.7 Å². The van der Waals surface area contributed by atoms with Gasteiger partial charge < -0.3 is 4.74 Å². The molecule has 0 saturated carbocycles. The molecule has 3 heterocycles. The van der Waals surface area contributed by atoms with Crippen molar-refractivity contribution in [1.82, 2.24) is 9.80 Å². The van der Waals surface area contributed by atoms with E-state index in [1.165, 1.54) is 40.9 Å². The lowest BCUT2D eigenvalue weighted by Gasteiger charge is -2.51. The van der Waals surface area contributed by atoms with Crippen LogP contribution in [0.4, 0.5) is 5.69 Å². The number of hydrogen-bond donors (Lipinski definition) is 0. The molecular weight excluding hydrogens is 542 g/mol. The third-order valence-electron chi connectivity index (χ3n) is 5.99. The van der Waals surface area contributed by atoms with Gasteiger partial charge in [-0.3, -0.25) is 34.3 Å². The summed E-state index contributed by atoms with van der Waals surface area (Å²) in [4.78, 5) is 64.6. The number of halogens is 1. The quantitative estimate of drug-likeness (QED) is 0.132. The Morgan fingerprint density at radius 3 is 2.26 bits per heavy atom. The summed E-state index contributed by atoms with van der Waals surface area (Å²) in [6.07, 6.45) is 0. The van der Waals surface area contributed by atoms with Crippen LogP contribution in [-0.2, 0) is 20.9 Å². The van der Waals surface area contributed by atoms with Gasteiger partial charge in [0.15, 0.2) is 0 Å². The zero-order valence-corrected chi connectivity index (χ0v) is 20.3. The second-order valence-corrected chi connectivity index (χ2v) is 9.63. The third-order valence-corrected chi connectivity index (χ3v) is 8.00. The smallest absolute Gasteiger partial charge is 0.355 e. The summed E-state index contributed by atoms with van der Waals surface area (Å²) in [6, 6.07) is 11.0. The summed E-state index contributed by atoms with van der Waals surface area (Å²) in [5.41, 5.74) is 1.71. The van der Waals surface area contributed by atoms with E-state index >= 15 is 0 Å². The molecule has 178 valence electrons. The normalized spacial score (nSPS) is 21.0. The first kappa shape index (κ1) is 23.2. The second-order valence-electron chi connectivity index (χ2n) is 7.97. The maximum absolute atomic E-state index is 13.2. The monoisotopic (exact) mass is 557 g/mol. The molecule has 35 heavy (non-hydrogen) atoms. The number of hydrogen-bond acceptors (Lipinski definition) is 8. The van der Waals surface area contributed by atoms with Gasteiger partial charge in [0.2, 0.25) is 0 Å². The number of alkyl halides is 1. The number of ether oxygens (including phenoxy) is 1. The summed E-state index contributed by atoms with van der Waals surface area (Å²) in [6.45, 7) is -0.141. The van der Waals surface area contributed by atoms with Crippen molar-refractivity contribution in [2.75, 3.05) is 11.1 Å². The van der Waals surface area contributed by atoms with Crippen LogP contribution >= 0.6 is 27.7 Å². The van der Waals surface area contributed by atoms with Crippen LogP contribution in [0.2, 0.25) is 0 Å². The van der Waals surface area contributed by atoms with Crippen molar-refractivity contribution < 1.29 is 28.8 Å². The molecule has 3 aliphatic heterocycles. The lowest BCUT2D eigenvalue weighted by molar-refractivity contribution is -0.384. The van der Waals surface area contributed by atoms with Crippen LogP contribution in [0.3, 0.4) is 0 Å². The van der Waals surface area contributed by atoms with Gasteiger partial charge in [-0.15, -0.1) is 11.8 Å². The van der Waals surface area contributed by atoms with Gasteiger partial charge in [0.25, 0.3) is 23.4 Å². The summed E-state index contributed by atoms with van der Waals surface area (Å²) in [5, 5.41) is 10.5. The molecule has 12 heteroatoms. The summed E-state index contributed by atoms with van der Waals surface area (Å²) >= 11 is 4.72. The number of carbonyl (C=O) groups is 4. The molecule has 0 spiro atoms. The molecule has 2 atom stereocenters. The zero-order valence-electron chi connectivity index (χ0n) is 17.9. The van der Waals surface area contributed by atoms with E-state index < -0.39 is 40.0 Å². The van der Waals surface area contributed by atoms with Gasteiger partial charge in [0, 0.05) is 23.2 Å². The van der Waals surface area contributed by atoms with Gasteiger partial charge in [-0.25, -0.2) is 4.79 Å². The van der Waals surface area contributed by atoms with Crippen LogP contribution in [0, 0.1) is 10.1 Å². The minimum atomic E-state index is -1.01. The fraction of sp³-hybridized carbons (Fsp3) is 0.217. The summed E-state index contributed by atoms with van der Waals surface area (Å²) in [5.74, 6) is -1.90. The minimum absolute atomic E-state index is 0.0816. The van der Waals surface area contributed by atoms with Gasteiger partial charge in [-0.1, -0.05) is 28.1 Å². The standard InChI is InChI=1S/C23H16BrN3O7S/c24-9-13-11-35-22-18(25-19(28)15-3-1-2-4-16(15)20(25)29)21(30)26(22)17(13)23(31)34-10-12-5-7-14(8-6-12)27(32)33/h1-8,18,22H,9-11H2/t18-,22-/m1/s1. The Kier molecular flexibility index (Phi) is 5.93. The van der Waals surface area contributed by atoms with E-state index in [0.717, 1.165) is 4.90 Å². The van der Waals surface area contributed by atoms with Crippen LogP contribution in [-0.4, -0.2) is 60.9 Å². The van der Waals surface area contributed by atoms with E-state index in [-0.39, 0.29) is 29.1 Å². The molecule has 3 amide bonds. The highest BCUT2D eigenvalue weighted by Gasteiger charge is 2.60. The molecule has 5 rings (SSSR count). The number of carbonyl (C=O) groups excluding carboxylic acids is 4. The lowest BCUT2D eigenvalue weighted by atomic mass is 10.0. The number of thioether (sulfide) groups is 1. The number of non-ortho nitro benzene ring substituents is 1. The molecule has 0 radical (unpaired) electrons. The fourth-order valence-corrected chi connectivity index (χ4v) is 6.37. The van der Waals surface area contributed by atoms with Crippen molar-refractivity contribution in [2.45, 2.75) is 18.0 Å². The van der Waals surface area contributed by atoms with Crippen LogP contribution in [0.25, 0.3) is 0 Å². The maximum Gasteiger partial charge on any atom is 0.355 e. The number of β-lactam (4-membered cyclic amide) rings is 1. The summed E-state index contributed by atoms with van der Waals surface area (Å²) in [7, 11) is 0. The van der Waals surface area contributed by atoms with E-state index in [9.17, 15) is 29.3 Å².